The number of carboxylic acids is 2. The second-order valence-electron chi connectivity index (χ2n) is 7.18. The molecule has 156 valence electrons. The van der Waals surface area contributed by atoms with Crippen LogP contribution in [0.15, 0.2) is 12.3 Å². The van der Waals surface area contributed by atoms with Crippen molar-refractivity contribution in [1.29, 1.82) is 0 Å². The van der Waals surface area contributed by atoms with Crippen molar-refractivity contribution in [2.24, 2.45) is 0 Å². The Hall–Kier alpha value is -1.85. The SMILES string of the molecule is C=C(NC(=O)CCCCCCCCCCCCCCCCC(=O)O)C(=O)O. The second kappa shape index (κ2) is 17.6. The van der Waals surface area contributed by atoms with Crippen LogP contribution in [0.1, 0.15) is 103 Å². The summed E-state index contributed by atoms with van der Waals surface area (Å²) in [6, 6.07) is 0. The number of carboxylic acid groups (broad SMARTS) is 2. The first-order chi connectivity index (χ1) is 12.9. The number of amides is 1. The van der Waals surface area contributed by atoms with Crippen molar-refractivity contribution in [3.63, 3.8) is 0 Å². The standard InChI is InChI=1S/C21H37NO5/c1-18(21(26)27)22-19(23)16-14-12-10-8-6-4-2-3-5-7-9-11-13-15-17-20(24)25/h1-17H2,(H,22,23)(H,24,25)(H,26,27). The van der Waals surface area contributed by atoms with Crippen LogP contribution in [0.2, 0.25) is 0 Å². The zero-order valence-electron chi connectivity index (χ0n) is 16.6. The Morgan fingerprint density at radius 1 is 0.593 bits per heavy atom. The molecule has 0 aliphatic carbocycles. The van der Waals surface area contributed by atoms with E-state index < -0.39 is 11.9 Å². The summed E-state index contributed by atoms with van der Waals surface area (Å²) in [5.41, 5.74) is -0.266. The molecule has 0 aromatic carbocycles. The number of unbranched alkanes of at least 4 members (excludes halogenated alkanes) is 13. The van der Waals surface area contributed by atoms with Gasteiger partial charge in [-0.15, -0.1) is 0 Å². The van der Waals surface area contributed by atoms with E-state index in [1.807, 2.05) is 0 Å². The lowest BCUT2D eigenvalue weighted by Crippen LogP contribution is -2.26. The molecule has 0 atom stereocenters. The molecule has 0 aliphatic rings. The normalized spacial score (nSPS) is 10.5. The van der Waals surface area contributed by atoms with Crippen LogP contribution in [0.4, 0.5) is 0 Å². The van der Waals surface area contributed by atoms with Crippen LogP contribution in [0.5, 0.6) is 0 Å². The van der Waals surface area contributed by atoms with Gasteiger partial charge in [-0.3, -0.25) is 9.59 Å². The maximum atomic E-state index is 11.5. The third kappa shape index (κ3) is 18.7. The number of carbonyl (C=O) groups is 3. The molecule has 6 heteroatoms. The van der Waals surface area contributed by atoms with Gasteiger partial charge in [0.25, 0.3) is 0 Å². The second-order valence-corrected chi connectivity index (χ2v) is 7.18. The van der Waals surface area contributed by atoms with Crippen molar-refractivity contribution >= 4 is 17.8 Å². The fourth-order valence-electron chi connectivity index (χ4n) is 2.97. The van der Waals surface area contributed by atoms with Gasteiger partial charge in [0.1, 0.15) is 5.70 Å². The van der Waals surface area contributed by atoms with E-state index >= 15 is 0 Å². The van der Waals surface area contributed by atoms with Crippen molar-refractivity contribution in [2.45, 2.75) is 103 Å². The lowest BCUT2D eigenvalue weighted by molar-refractivity contribution is -0.137. The van der Waals surface area contributed by atoms with Gasteiger partial charge in [-0.25, -0.2) is 4.79 Å². The first kappa shape index (κ1) is 25.1. The van der Waals surface area contributed by atoms with Gasteiger partial charge in [0.2, 0.25) is 5.91 Å². The molecule has 0 unspecified atom stereocenters. The van der Waals surface area contributed by atoms with Gasteiger partial charge in [-0.1, -0.05) is 83.6 Å². The largest absolute Gasteiger partial charge is 0.481 e. The molecule has 0 saturated heterocycles. The Labute approximate surface area is 163 Å². The number of nitrogens with one attached hydrogen (secondary N) is 1. The Balaban J connectivity index is 3.21. The van der Waals surface area contributed by atoms with Crippen molar-refractivity contribution in [1.82, 2.24) is 5.32 Å². The van der Waals surface area contributed by atoms with Crippen molar-refractivity contribution in [3.05, 3.63) is 12.3 Å². The van der Waals surface area contributed by atoms with Crippen LogP contribution in [-0.2, 0) is 14.4 Å². The topological polar surface area (TPSA) is 104 Å². The number of aliphatic carboxylic acids is 2. The molecule has 0 rings (SSSR count). The van der Waals surface area contributed by atoms with Gasteiger partial charge < -0.3 is 15.5 Å². The molecular weight excluding hydrogens is 346 g/mol. The highest BCUT2D eigenvalue weighted by atomic mass is 16.4. The average molecular weight is 384 g/mol. The van der Waals surface area contributed by atoms with Crippen LogP contribution in [0.3, 0.4) is 0 Å². The van der Waals surface area contributed by atoms with Gasteiger partial charge in [0, 0.05) is 12.8 Å². The highest BCUT2D eigenvalue weighted by Crippen LogP contribution is 2.13. The number of rotatable bonds is 19. The summed E-state index contributed by atoms with van der Waals surface area (Å²) in [5, 5.41) is 19.4. The monoisotopic (exact) mass is 383 g/mol. The van der Waals surface area contributed by atoms with Crippen LogP contribution in [0.25, 0.3) is 0 Å². The quantitative estimate of drug-likeness (QED) is 0.214. The molecular formula is C21H37NO5. The van der Waals surface area contributed by atoms with Gasteiger partial charge >= 0.3 is 11.9 Å². The zero-order valence-corrected chi connectivity index (χ0v) is 16.6. The Morgan fingerprint density at radius 2 is 0.926 bits per heavy atom. The van der Waals surface area contributed by atoms with E-state index in [9.17, 15) is 14.4 Å². The molecule has 0 aromatic heterocycles. The van der Waals surface area contributed by atoms with Gasteiger partial charge in [0.15, 0.2) is 0 Å². The molecule has 0 bridgehead atoms. The third-order valence-corrected chi connectivity index (χ3v) is 4.59. The first-order valence-electron chi connectivity index (χ1n) is 10.4. The van der Waals surface area contributed by atoms with Crippen LogP contribution < -0.4 is 5.32 Å². The Bertz CT molecular complexity index is 448. The van der Waals surface area contributed by atoms with Gasteiger partial charge in [0.05, 0.1) is 0 Å². The molecule has 3 N–H and O–H groups in total. The minimum Gasteiger partial charge on any atom is -0.481 e. The fraction of sp³-hybridized carbons (Fsp3) is 0.762. The lowest BCUT2D eigenvalue weighted by Gasteiger charge is -2.05. The maximum absolute atomic E-state index is 11.5. The lowest BCUT2D eigenvalue weighted by atomic mass is 10.0. The van der Waals surface area contributed by atoms with E-state index in [1.165, 1.54) is 51.4 Å². The van der Waals surface area contributed by atoms with E-state index in [-0.39, 0.29) is 11.6 Å². The molecule has 6 nitrogen and oxygen atoms in total. The smallest absolute Gasteiger partial charge is 0.351 e. The summed E-state index contributed by atoms with van der Waals surface area (Å²) < 4.78 is 0. The summed E-state index contributed by atoms with van der Waals surface area (Å²) in [6.07, 6.45) is 16.5. The number of hydrogen-bond acceptors (Lipinski definition) is 3. The summed E-state index contributed by atoms with van der Waals surface area (Å²) in [6.45, 7) is 3.27. The van der Waals surface area contributed by atoms with Gasteiger partial charge in [-0.2, -0.15) is 0 Å². The highest BCUT2D eigenvalue weighted by molar-refractivity contribution is 5.91. The zero-order chi connectivity index (χ0) is 20.3. The van der Waals surface area contributed by atoms with Crippen LogP contribution in [0, 0.1) is 0 Å². The highest BCUT2D eigenvalue weighted by Gasteiger charge is 2.08. The molecule has 0 saturated carbocycles. The van der Waals surface area contributed by atoms with Crippen LogP contribution >= 0.6 is 0 Å². The molecule has 0 aliphatic heterocycles. The third-order valence-electron chi connectivity index (χ3n) is 4.59. The molecule has 0 aromatic rings. The molecule has 27 heavy (non-hydrogen) atoms. The number of hydrogen-bond donors (Lipinski definition) is 3. The average Bonchev–Trinajstić information content (AvgIpc) is 2.60. The van der Waals surface area contributed by atoms with E-state index in [0.29, 0.717) is 12.8 Å². The molecule has 0 spiro atoms. The van der Waals surface area contributed by atoms with Crippen molar-refractivity contribution in [3.8, 4) is 0 Å². The number of carbonyl (C=O) groups excluding carboxylic acids is 1. The van der Waals surface area contributed by atoms with E-state index in [1.54, 1.807) is 0 Å². The van der Waals surface area contributed by atoms with Crippen molar-refractivity contribution in [2.75, 3.05) is 0 Å². The van der Waals surface area contributed by atoms with E-state index in [4.69, 9.17) is 10.2 Å². The molecule has 0 heterocycles. The first-order valence-corrected chi connectivity index (χ1v) is 10.4. The Morgan fingerprint density at radius 3 is 1.26 bits per heavy atom. The van der Waals surface area contributed by atoms with Gasteiger partial charge in [-0.05, 0) is 12.8 Å². The minimum atomic E-state index is -1.20. The molecule has 0 fully saturated rings. The Kier molecular flexibility index (Phi) is 16.4. The predicted octanol–water partition coefficient (Wildman–Crippen LogP) is 5.03. The summed E-state index contributed by atoms with van der Waals surface area (Å²) in [7, 11) is 0. The van der Waals surface area contributed by atoms with E-state index in [0.717, 1.165) is 38.5 Å². The fourth-order valence-corrected chi connectivity index (χ4v) is 2.97. The maximum Gasteiger partial charge on any atom is 0.351 e. The van der Waals surface area contributed by atoms with Crippen molar-refractivity contribution < 1.29 is 24.6 Å². The minimum absolute atomic E-state index is 0.266. The summed E-state index contributed by atoms with van der Waals surface area (Å²) in [4.78, 5) is 32.4. The summed E-state index contributed by atoms with van der Waals surface area (Å²) >= 11 is 0. The molecule has 0 radical (unpaired) electrons. The summed E-state index contributed by atoms with van der Waals surface area (Å²) in [5.74, 6) is -2.16. The van der Waals surface area contributed by atoms with Crippen LogP contribution in [-0.4, -0.2) is 28.1 Å². The van der Waals surface area contributed by atoms with E-state index in [2.05, 4.69) is 11.9 Å². The predicted molar refractivity (Wildman–Crippen MR) is 106 cm³/mol. The molecule has 1 amide bonds.